The lowest BCUT2D eigenvalue weighted by molar-refractivity contribution is -0.124. The maximum absolute atomic E-state index is 11.6. The molecule has 2 aliphatic rings. The highest BCUT2D eigenvalue weighted by molar-refractivity contribution is 14.0. The van der Waals surface area contributed by atoms with Crippen LogP contribution in [0.4, 0.5) is 10.5 Å². The maximum atomic E-state index is 11.6. The van der Waals surface area contributed by atoms with E-state index in [-0.39, 0.29) is 42.5 Å². The first-order chi connectivity index (χ1) is 11.2. The molecule has 1 saturated heterocycles. The first kappa shape index (κ1) is 18.5. The van der Waals surface area contributed by atoms with Crippen molar-refractivity contribution in [3.05, 3.63) is 29.8 Å². The second-order valence-corrected chi connectivity index (χ2v) is 5.47. The van der Waals surface area contributed by atoms with Gasteiger partial charge in [-0.1, -0.05) is 18.2 Å². The number of carbonyl (C=O) groups is 2. The summed E-state index contributed by atoms with van der Waals surface area (Å²) in [5, 5.41) is 5.80. The van der Waals surface area contributed by atoms with Gasteiger partial charge in [0.25, 0.3) is 0 Å². The Hall–Kier alpha value is -1.84. The molecule has 0 radical (unpaired) electrons. The number of nitrogens with zero attached hydrogens (tertiary/aromatic N) is 3. The van der Waals surface area contributed by atoms with Gasteiger partial charge in [0.05, 0.1) is 19.6 Å². The number of hydrogen-bond donors (Lipinski definition) is 2. The summed E-state index contributed by atoms with van der Waals surface area (Å²) in [5.74, 6) is 0.603. The highest BCUT2D eigenvalue weighted by atomic mass is 127. The van der Waals surface area contributed by atoms with Crippen LogP contribution < -0.4 is 15.5 Å². The molecule has 0 aromatic heterocycles. The van der Waals surface area contributed by atoms with Crippen molar-refractivity contribution in [2.45, 2.75) is 13.3 Å². The Balaban J connectivity index is 0.00000208. The molecular weight excluding hydrogens is 421 g/mol. The number of guanidine groups is 1. The molecule has 3 rings (SSSR count). The molecular formula is C16H22IN5O2. The van der Waals surface area contributed by atoms with E-state index < -0.39 is 0 Å². The Kier molecular flexibility index (Phi) is 6.41. The number of amides is 3. The molecule has 0 saturated carbocycles. The number of aliphatic imine (C=N–C) groups is 1. The molecule has 1 aromatic carbocycles. The summed E-state index contributed by atoms with van der Waals surface area (Å²) in [7, 11) is 0. The predicted molar refractivity (Wildman–Crippen MR) is 104 cm³/mol. The predicted octanol–water partition coefficient (Wildman–Crippen LogP) is 1.18. The SMILES string of the molecule is CCNC(=NCCN1C(=O)CNC1=O)N1CCc2ccccc21.I. The molecule has 0 spiro atoms. The van der Waals surface area contributed by atoms with Crippen LogP contribution in [0.5, 0.6) is 0 Å². The number of nitrogens with one attached hydrogen (secondary N) is 2. The second-order valence-electron chi connectivity index (χ2n) is 5.47. The standard InChI is InChI=1S/C16H21N5O2.HI/c1-2-17-15(18-8-10-21-14(22)11-19-16(21)23)20-9-7-12-5-3-4-6-13(12)20;/h3-6H,2,7-11H2,1H3,(H,17,18)(H,19,23);1H. The van der Waals surface area contributed by atoms with Crippen molar-refractivity contribution < 1.29 is 9.59 Å². The number of hydrogen-bond acceptors (Lipinski definition) is 3. The number of carbonyl (C=O) groups excluding carboxylic acids is 2. The van der Waals surface area contributed by atoms with Gasteiger partial charge in [-0.15, -0.1) is 24.0 Å². The lowest BCUT2D eigenvalue weighted by Crippen LogP contribution is -2.41. The van der Waals surface area contributed by atoms with Crippen LogP contribution in [-0.4, -0.2) is 55.5 Å². The molecule has 8 heteroatoms. The van der Waals surface area contributed by atoms with Crippen LogP contribution in [-0.2, 0) is 11.2 Å². The topological polar surface area (TPSA) is 77.0 Å². The number of imide groups is 1. The van der Waals surface area contributed by atoms with Crippen molar-refractivity contribution in [3.8, 4) is 0 Å². The van der Waals surface area contributed by atoms with Crippen molar-refractivity contribution in [1.29, 1.82) is 0 Å². The quantitative estimate of drug-likeness (QED) is 0.317. The van der Waals surface area contributed by atoms with Gasteiger partial charge in [-0.3, -0.25) is 14.7 Å². The van der Waals surface area contributed by atoms with Gasteiger partial charge in [0, 0.05) is 18.8 Å². The zero-order chi connectivity index (χ0) is 16.2. The van der Waals surface area contributed by atoms with Gasteiger partial charge in [0.2, 0.25) is 5.91 Å². The molecule has 0 aliphatic carbocycles. The lowest BCUT2D eigenvalue weighted by atomic mass is 10.2. The van der Waals surface area contributed by atoms with Gasteiger partial charge < -0.3 is 15.5 Å². The molecule has 130 valence electrons. The highest BCUT2D eigenvalue weighted by Crippen LogP contribution is 2.27. The lowest BCUT2D eigenvalue weighted by Gasteiger charge is -2.22. The van der Waals surface area contributed by atoms with Gasteiger partial charge in [0.15, 0.2) is 5.96 Å². The minimum Gasteiger partial charge on any atom is -0.356 e. The first-order valence-electron chi connectivity index (χ1n) is 7.92. The summed E-state index contributed by atoms with van der Waals surface area (Å²) in [6, 6.07) is 7.96. The Morgan fingerprint density at radius 2 is 2.12 bits per heavy atom. The molecule has 7 nitrogen and oxygen atoms in total. The monoisotopic (exact) mass is 443 g/mol. The zero-order valence-electron chi connectivity index (χ0n) is 13.6. The molecule has 0 bridgehead atoms. The maximum Gasteiger partial charge on any atom is 0.324 e. The zero-order valence-corrected chi connectivity index (χ0v) is 15.9. The van der Waals surface area contributed by atoms with Crippen molar-refractivity contribution in [3.63, 3.8) is 0 Å². The third kappa shape index (κ3) is 3.80. The largest absolute Gasteiger partial charge is 0.356 e. The van der Waals surface area contributed by atoms with E-state index >= 15 is 0 Å². The van der Waals surface area contributed by atoms with E-state index in [0.717, 1.165) is 25.5 Å². The van der Waals surface area contributed by atoms with E-state index in [1.807, 2.05) is 19.1 Å². The van der Waals surface area contributed by atoms with E-state index in [1.165, 1.54) is 16.2 Å². The minimum absolute atomic E-state index is 0. The number of fused-ring (bicyclic) bond motifs is 1. The fourth-order valence-corrected chi connectivity index (χ4v) is 2.89. The van der Waals surface area contributed by atoms with Gasteiger partial charge in [-0.2, -0.15) is 0 Å². The van der Waals surface area contributed by atoms with Gasteiger partial charge >= 0.3 is 6.03 Å². The molecule has 1 fully saturated rings. The van der Waals surface area contributed by atoms with Gasteiger partial charge in [-0.05, 0) is 25.0 Å². The Labute approximate surface area is 158 Å². The Bertz CT molecular complexity index is 633. The Morgan fingerprint density at radius 1 is 1.33 bits per heavy atom. The van der Waals surface area contributed by atoms with Crippen molar-refractivity contribution in [2.24, 2.45) is 4.99 Å². The third-order valence-corrected chi connectivity index (χ3v) is 4.00. The smallest absolute Gasteiger partial charge is 0.324 e. The first-order valence-corrected chi connectivity index (χ1v) is 7.92. The molecule has 2 heterocycles. The molecule has 1 aromatic rings. The summed E-state index contributed by atoms with van der Waals surface area (Å²) in [6.07, 6.45) is 0.994. The average Bonchev–Trinajstić information content (AvgIpc) is 3.12. The summed E-state index contributed by atoms with van der Waals surface area (Å²) >= 11 is 0. The fourth-order valence-electron chi connectivity index (χ4n) is 2.89. The van der Waals surface area contributed by atoms with E-state index in [0.29, 0.717) is 13.1 Å². The molecule has 3 amide bonds. The van der Waals surface area contributed by atoms with Crippen molar-refractivity contribution >= 4 is 47.6 Å². The van der Waals surface area contributed by atoms with E-state index in [9.17, 15) is 9.59 Å². The van der Waals surface area contributed by atoms with Crippen LogP contribution in [0.1, 0.15) is 12.5 Å². The van der Waals surface area contributed by atoms with E-state index in [1.54, 1.807) is 0 Å². The number of anilines is 1. The summed E-state index contributed by atoms with van der Waals surface area (Å²) in [4.78, 5) is 31.1. The number of para-hydroxylation sites is 1. The average molecular weight is 443 g/mol. The number of benzene rings is 1. The van der Waals surface area contributed by atoms with E-state index in [2.05, 4.69) is 32.7 Å². The Morgan fingerprint density at radius 3 is 2.83 bits per heavy atom. The van der Waals surface area contributed by atoms with Gasteiger partial charge in [0.1, 0.15) is 0 Å². The molecule has 2 N–H and O–H groups in total. The molecule has 0 unspecified atom stereocenters. The number of halogens is 1. The van der Waals surface area contributed by atoms with Crippen LogP contribution in [0.15, 0.2) is 29.3 Å². The summed E-state index contributed by atoms with van der Waals surface area (Å²) < 4.78 is 0. The van der Waals surface area contributed by atoms with Crippen molar-refractivity contribution in [2.75, 3.05) is 37.6 Å². The van der Waals surface area contributed by atoms with E-state index in [4.69, 9.17) is 0 Å². The van der Waals surface area contributed by atoms with Crippen LogP contribution in [0, 0.1) is 0 Å². The summed E-state index contributed by atoms with van der Waals surface area (Å²) in [5.41, 5.74) is 2.48. The third-order valence-electron chi connectivity index (χ3n) is 4.00. The minimum atomic E-state index is -0.332. The molecule has 2 aliphatic heterocycles. The van der Waals surface area contributed by atoms with Crippen LogP contribution in [0.3, 0.4) is 0 Å². The summed E-state index contributed by atoms with van der Waals surface area (Å²) in [6.45, 7) is 4.45. The normalized spacial score (nSPS) is 16.8. The highest BCUT2D eigenvalue weighted by Gasteiger charge is 2.28. The van der Waals surface area contributed by atoms with Crippen LogP contribution in [0.2, 0.25) is 0 Å². The van der Waals surface area contributed by atoms with Gasteiger partial charge in [-0.25, -0.2) is 4.79 Å². The van der Waals surface area contributed by atoms with Crippen LogP contribution >= 0.6 is 24.0 Å². The number of rotatable bonds is 4. The molecule has 0 atom stereocenters. The van der Waals surface area contributed by atoms with Crippen molar-refractivity contribution in [1.82, 2.24) is 15.5 Å². The number of urea groups is 1. The molecule has 24 heavy (non-hydrogen) atoms. The second kappa shape index (κ2) is 8.32. The van der Waals surface area contributed by atoms with Crippen LogP contribution in [0.25, 0.3) is 0 Å². The fraction of sp³-hybridized carbons (Fsp3) is 0.438.